The number of hydrogen-bond donors (Lipinski definition) is 2. The summed E-state index contributed by atoms with van der Waals surface area (Å²) in [4.78, 5) is 12.2. The van der Waals surface area contributed by atoms with Crippen LogP contribution in [0.25, 0.3) is 0 Å². The van der Waals surface area contributed by atoms with Crippen LogP contribution >= 0.6 is 0 Å². The summed E-state index contributed by atoms with van der Waals surface area (Å²) in [5.74, 6) is 0.591. The average molecular weight is 250 g/mol. The van der Waals surface area contributed by atoms with Gasteiger partial charge in [-0.2, -0.15) is 5.10 Å². The predicted molar refractivity (Wildman–Crippen MR) is 69.6 cm³/mol. The van der Waals surface area contributed by atoms with Crippen LogP contribution in [0.4, 0.5) is 0 Å². The maximum atomic E-state index is 12.2. The number of rotatable bonds is 4. The summed E-state index contributed by atoms with van der Waals surface area (Å²) >= 11 is 0. The van der Waals surface area contributed by atoms with E-state index >= 15 is 0 Å². The van der Waals surface area contributed by atoms with Crippen molar-refractivity contribution in [2.45, 2.75) is 32.2 Å². The van der Waals surface area contributed by atoms with E-state index in [0.717, 1.165) is 25.0 Å². The zero-order valence-electron chi connectivity index (χ0n) is 10.9. The molecule has 5 heteroatoms. The van der Waals surface area contributed by atoms with Crippen LogP contribution in [0.2, 0.25) is 0 Å². The normalized spacial score (nSPS) is 23.9. The van der Waals surface area contributed by atoms with E-state index in [4.69, 9.17) is 5.73 Å². The van der Waals surface area contributed by atoms with Crippen molar-refractivity contribution in [3.8, 4) is 0 Å². The Bertz CT molecular complexity index is 401. The lowest BCUT2D eigenvalue weighted by Gasteiger charge is -2.29. The highest BCUT2D eigenvalue weighted by Crippen LogP contribution is 2.29. The van der Waals surface area contributed by atoms with E-state index in [2.05, 4.69) is 10.4 Å². The Morgan fingerprint density at radius 3 is 3.00 bits per heavy atom. The second-order valence-corrected chi connectivity index (χ2v) is 5.05. The standard InChI is InChI=1S/C13H22N4O/c1-17-11(6-7-16-17)9-15-13(18)12-5-3-2-4-10(12)8-14/h6-7,10,12H,2-5,8-9,14H2,1H3,(H,15,18). The summed E-state index contributed by atoms with van der Waals surface area (Å²) in [6.45, 7) is 1.16. The van der Waals surface area contributed by atoms with Crippen LogP contribution in [0, 0.1) is 11.8 Å². The molecule has 0 aromatic carbocycles. The minimum atomic E-state index is 0.0944. The summed E-state index contributed by atoms with van der Waals surface area (Å²) in [7, 11) is 1.88. The monoisotopic (exact) mass is 250 g/mol. The fourth-order valence-corrected chi connectivity index (χ4v) is 2.72. The first-order valence-electron chi connectivity index (χ1n) is 6.67. The van der Waals surface area contributed by atoms with Gasteiger partial charge in [0.1, 0.15) is 0 Å². The number of nitrogens with one attached hydrogen (secondary N) is 1. The van der Waals surface area contributed by atoms with Crippen molar-refractivity contribution in [2.24, 2.45) is 24.6 Å². The molecule has 2 rings (SSSR count). The highest BCUT2D eigenvalue weighted by molar-refractivity contribution is 5.79. The number of amides is 1. The van der Waals surface area contributed by atoms with Gasteiger partial charge in [0, 0.05) is 19.2 Å². The first-order valence-corrected chi connectivity index (χ1v) is 6.67. The molecule has 2 atom stereocenters. The Balaban J connectivity index is 1.89. The molecule has 1 saturated carbocycles. The number of nitrogens with two attached hydrogens (primary N) is 1. The third kappa shape index (κ3) is 2.90. The van der Waals surface area contributed by atoms with Gasteiger partial charge in [0.15, 0.2) is 0 Å². The molecule has 2 unspecified atom stereocenters. The number of aryl methyl sites for hydroxylation is 1. The molecule has 3 N–H and O–H groups in total. The van der Waals surface area contributed by atoms with Gasteiger partial charge in [-0.25, -0.2) is 0 Å². The number of hydrogen-bond acceptors (Lipinski definition) is 3. The summed E-state index contributed by atoms with van der Waals surface area (Å²) in [6.07, 6.45) is 6.14. The highest BCUT2D eigenvalue weighted by atomic mass is 16.1. The van der Waals surface area contributed by atoms with Gasteiger partial charge in [-0.05, 0) is 31.4 Å². The van der Waals surface area contributed by atoms with Crippen LogP contribution < -0.4 is 11.1 Å². The fourth-order valence-electron chi connectivity index (χ4n) is 2.72. The smallest absolute Gasteiger partial charge is 0.223 e. The molecule has 1 aliphatic rings. The largest absolute Gasteiger partial charge is 0.350 e. The molecule has 1 heterocycles. The zero-order chi connectivity index (χ0) is 13.0. The molecule has 18 heavy (non-hydrogen) atoms. The van der Waals surface area contributed by atoms with Crippen molar-refractivity contribution >= 4 is 5.91 Å². The first kappa shape index (κ1) is 13.1. The molecule has 1 aromatic rings. The molecular formula is C13H22N4O. The van der Waals surface area contributed by atoms with Crippen LogP contribution in [0.1, 0.15) is 31.4 Å². The lowest BCUT2D eigenvalue weighted by molar-refractivity contribution is -0.127. The van der Waals surface area contributed by atoms with Gasteiger partial charge in [0.05, 0.1) is 12.2 Å². The van der Waals surface area contributed by atoms with Gasteiger partial charge >= 0.3 is 0 Å². The van der Waals surface area contributed by atoms with E-state index in [-0.39, 0.29) is 11.8 Å². The third-order valence-corrected chi connectivity index (χ3v) is 3.91. The quantitative estimate of drug-likeness (QED) is 0.830. The minimum Gasteiger partial charge on any atom is -0.350 e. The Hall–Kier alpha value is -1.36. The molecule has 1 amide bonds. The first-order chi connectivity index (χ1) is 8.72. The van der Waals surface area contributed by atoms with Crippen molar-refractivity contribution in [3.63, 3.8) is 0 Å². The summed E-state index contributed by atoms with van der Waals surface area (Å²) in [5, 5.41) is 7.09. The van der Waals surface area contributed by atoms with Gasteiger partial charge in [-0.1, -0.05) is 12.8 Å². The van der Waals surface area contributed by atoms with E-state index in [1.165, 1.54) is 6.42 Å². The lowest BCUT2D eigenvalue weighted by Crippen LogP contribution is -2.39. The third-order valence-electron chi connectivity index (χ3n) is 3.91. The van der Waals surface area contributed by atoms with E-state index in [9.17, 15) is 4.79 Å². The van der Waals surface area contributed by atoms with Gasteiger partial charge in [-0.3, -0.25) is 9.48 Å². The summed E-state index contributed by atoms with van der Waals surface area (Å²) in [6, 6.07) is 1.92. The molecule has 1 aliphatic carbocycles. The molecule has 1 fully saturated rings. The van der Waals surface area contributed by atoms with Crippen LogP contribution in [0.5, 0.6) is 0 Å². The van der Waals surface area contributed by atoms with Crippen molar-refractivity contribution in [1.82, 2.24) is 15.1 Å². The summed E-state index contributed by atoms with van der Waals surface area (Å²) in [5.41, 5.74) is 6.77. The van der Waals surface area contributed by atoms with Gasteiger partial charge in [0.25, 0.3) is 0 Å². The number of aromatic nitrogens is 2. The van der Waals surface area contributed by atoms with E-state index in [0.29, 0.717) is 19.0 Å². The SMILES string of the molecule is Cn1nccc1CNC(=O)C1CCCCC1CN. The van der Waals surface area contributed by atoms with Gasteiger partial charge in [0.2, 0.25) is 5.91 Å². The Morgan fingerprint density at radius 1 is 1.56 bits per heavy atom. The molecule has 0 radical (unpaired) electrons. The molecule has 0 saturated heterocycles. The Labute approximate surface area is 108 Å². The minimum absolute atomic E-state index is 0.0944. The maximum Gasteiger partial charge on any atom is 0.223 e. The maximum absolute atomic E-state index is 12.2. The van der Waals surface area contributed by atoms with Gasteiger partial charge in [-0.15, -0.1) is 0 Å². The van der Waals surface area contributed by atoms with Crippen molar-refractivity contribution in [2.75, 3.05) is 6.54 Å². The van der Waals surface area contributed by atoms with Crippen LogP contribution in [-0.2, 0) is 18.4 Å². The second kappa shape index (κ2) is 6.00. The van der Waals surface area contributed by atoms with Gasteiger partial charge < -0.3 is 11.1 Å². The van der Waals surface area contributed by atoms with E-state index in [1.807, 2.05) is 13.1 Å². The Morgan fingerprint density at radius 2 is 2.33 bits per heavy atom. The highest BCUT2D eigenvalue weighted by Gasteiger charge is 2.29. The number of carbonyl (C=O) groups is 1. The molecule has 0 spiro atoms. The topological polar surface area (TPSA) is 72.9 Å². The predicted octanol–water partition coefficient (Wildman–Crippen LogP) is 0.801. The van der Waals surface area contributed by atoms with Crippen molar-refractivity contribution in [1.29, 1.82) is 0 Å². The average Bonchev–Trinajstić information content (AvgIpc) is 2.81. The molecule has 1 aromatic heterocycles. The zero-order valence-corrected chi connectivity index (χ0v) is 10.9. The van der Waals surface area contributed by atoms with Crippen LogP contribution in [0.3, 0.4) is 0 Å². The van der Waals surface area contributed by atoms with Crippen LogP contribution in [0.15, 0.2) is 12.3 Å². The molecule has 5 nitrogen and oxygen atoms in total. The Kier molecular flexibility index (Phi) is 4.36. The molecule has 0 bridgehead atoms. The fraction of sp³-hybridized carbons (Fsp3) is 0.692. The second-order valence-electron chi connectivity index (χ2n) is 5.05. The molecule has 0 aliphatic heterocycles. The number of carbonyl (C=O) groups excluding carboxylic acids is 1. The number of nitrogens with zero attached hydrogens (tertiary/aromatic N) is 2. The summed E-state index contributed by atoms with van der Waals surface area (Å²) < 4.78 is 1.78. The van der Waals surface area contributed by atoms with Crippen molar-refractivity contribution in [3.05, 3.63) is 18.0 Å². The van der Waals surface area contributed by atoms with Crippen LogP contribution in [-0.4, -0.2) is 22.2 Å². The van der Waals surface area contributed by atoms with Crippen molar-refractivity contribution < 1.29 is 4.79 Å². The lowest BCUT2D eigenvalue weighted by atomic mass is 9.79. The van der Waals surface area contributed by atoms with E-state index < -0.39 is 0 Å². The molecular weight excluding hydrogens is 228 g/mol. The molecule has 100 valence electrons. The van der Waals surface area contributed by atoms with E-state index in [1.54, 1.807) is 10.9 Å².